The van der Waals surface area contributed by atoms with Crippen LogP contribution in [0.5, 0.6) is 11.5 Å². The topological polar surface area (TPSA) is 457 Å². The summed E-state index contributed by atoms with van der Waals surface area (Å²) in [6.45, 7) is 2.67. The highest BCUT2D eigenvalue weighted by Crippen LogP contribution is 2.35. The SMILES string of the molecule is CC(O)C1NC(=O)C(NC(=O)c2ccc(-c3nnc(-c4ccc(N5CCC(OC6CCCCC6)CC5)cc4)s3)cc2)CC(O)CNC(=O)C2C(O)C(C)CN2C(=O)C(C(O)CC(N)=O)NC(=O)C(C(O)Cc2ccc(O)c(OSOOO)c2)NC(=O)C2CC(O)CN2C1=O. The van der Waals surface area contributed by atoms with E-state index < -0.39 is 177 Å². The van der Waals surface area contributed by atoms with Crippen molar-refractivity contribution in [3.63, 3.8) is 0 Å². The maximum absolute atomic E-state index is 14.7. The summed E-state index contributed by atoms with van der Waals surface area (Å²) in [6.07, 6.45) is -4.99. The predicted molar refractivity (Wildman–Crippen MR) is 334 cm³/mol. The molecule has 0 spiro atoms. The first-order valence-corrected chi connectivity index (χ1v) is 32.5. The van der Waals surface area contributed by atoms with Gasteiger partial charge in [-0.15, -0.1) is 10.2 Å². The van der Waals surface area contributed by atoms with Gasteiger partial charge in [0.05, 0.1) is 55.3 Å². The van der Waals surface area contributed by atoms with Gasteiger partial charge in [0.1, 0.15) is 46.3 Å². The molecule has 13 unspecified atom stereocenters. The number of phenolic OH excluding ortho intramolecular Hbond substituents is 1. The van der Waals surface area contributed by atoms with Gasteiger partial charge in [-0.1, -0.05) is 65.1 Å². The average Bonchev–Trinajstić information content (AvgIpc) is 1.62. The Morgan fingerprint density at radius 2 is 1.37 bits per heavy atom. The van der Waals surface area contributed by atoms with Gasteiger partial charge in [-0.3, -0.25) is 38.4 Å². The number of amides is 8. The molecule has 4 aliphatic heterocycles. The smallest absolute Gasteiger partial charge is 0.261 e. The molecule has 13 atom stereocenters. The Bertz CT molecular complexity index is 3320. The number of hydrogen-bond donors (Lipinski definition) is 14. The van der Waals surface area contributed by atoms with Crippen molar-refractivity contribution >= 4 is 76.6 Å². The number of anilines is 1. The van der Waals surface area contributed by atoms with Crippen LogP contribution >= 0.6 is 23.7 Å². The Labute approximate surface area is 547 Å². The van der Waals surface area contributed by atoms with E-state index in [1.807, 2.05) is 12.1 Å². The lowest BCUT2D eigenvalue weighted by atomic mass is 9.97. The number of aliphatic hydroxyl groups is 6. The first-order valence-electron chi connectivity index (χ1n) is 31.0. The predicted octanol–water partition coefficient (Wildman–Crippen LogP) is -0.917. The Balaban J connectivity index is 0.953. The molecule has 3 aromatic carbocycles. The zero-order valence-corrected chi connectivity index (χ0v) is 53.1. The lowest BCUT2D eigenvalue weighted by molar-refractivity contribution is -0.433. The number of nitrogens with two attached hydrogens (primary N) is 1. The van der Waals surface area contributed by atoms with E-state index >= 15 is 0 Å². The number of aromatic nitrogens is 2. The second-order valence-corrected chi connectivity index (χ2v) is 25.8. The first kappa shape index (κ1) is 70.6. The van der Waals surface area contributed by atoms with Gasteiger partial charge in [0.15, 0.2) is 11.5 Å². The molecule has 31 nitrogen and oxygen atoms in total. The van der Waals surface area contributed by atoms with Crippen molar-refractivity contribution in [3.05, 3.63) is 77.9 Å². The summed E-state index contributed by atoms with van der Waals surface area (Å²) in [5, 5.41) is 113. The number of aliphatic hydroxyl groups excluding tert-OH is 6. The molecule has 33 heteroatoms. The number of β-amino-alcohol motifs (C(OH)–C–C–N with tert-alkyl or cyclic N) is 1. The van der Waals surface area contributed by atoms with Gasteiger partial charge < -0.3 is 91.7 Å². The summed E-state index contributed by atoms with van der Waals surface area (Å²) < 4.78 is 15.8. The minimum Gasteiger partial charge on any atom is -0.504 e. The standard InChI is InChI=1S/C61H79N11O20S2/c1-30-28-72-51(52(30)80)57(85)63-27-37(74)24-41(64-53(81)33-9-11-34(12-10-33)58-68-69-59(93-58)35-13-15-36(16-14-35)70-20-18-40(19-21-70)89-39-6-4-3-5-7-39)54(82)65-48(31(2)73)60(86)71-29-38(75)25-42(71)55(83)66-49(56(84)67-50(61(72)87)45(78)26-47(62)79)44(77)22-32-8-17-43(76)46(23-32)90-94-92-91-88/h8-17,23,30-31,37-42,44-45,48-52,73-78,80,88H,3-7,18-22,24-29H2,1-2H3,(H2,62,79)(H,63,85)(H,64,81)(H,65,82)(H,66,83)(H,67,84). The summed E-state index contributed by atoms with van der Waals surface area (Å²) in [7, 11) is 0. The number of hydrogen-bond acceptors (Lipinski definition) is 25. The van der Waals surface area contributed by atoms with Crippen LogP contribution in [0.2, 0.25) is 0 Å². The Morgan fingerprint density at radius 1 is 0.745 bits per heavy atom. The molecular formula is C61H79N11O20S2. The minimum absolute atomic E-state index is 0.0141. The van der Waals surface area contributed by atoms with Gasteiger partial charge in [-0.25, -0.2) is 5.26 Å². The fraction of sp³-hybridized carbons (Fsp3) is 0.541. The molecule has 8 amide bonds. The van der Waals surface area contributed by atoms with Crippen molar-refractivity contribution in [2.24, 2.45) is 11.7 Å². The highest BCUT2D eigenvalue weighted by Gasteiger charge is 2.50. The number of ether oxygens (including phenoxy) is 1. The van der Waals surface area contributed by atoms with E-state index in [4.69, 9.17) is 19.9 Å². The third-order valence-corrected chi connectivity index (χ3v) is 18.9. The number of carbonyl (C=O) groups excluding carboxylic acids is 8. The van der Waals surface area contributed by atoms with E-state index in [9.17, 15) is 74.1 Å². The maximum Gasteiger partial charge on any atom is 0.261 e. The fourth-order valence-corrected chi connectivity index (χ4v) is 13.5. The maximum atomic E-state index is 14.7. The van der Waals surface area contributed by atoms with Crippen molar-refractivity contribution in [2.45, 2.75) is 170 Å². The summed E-state index contributed by atoms with van der Waals surface area (Å²) in [4.78, 5) is 118. The first-order chi connectivity index (χ1) is 45.0. The second kappa shape index (κ2) is 32.2. The van der Waals surface area contributed by atoms with E-state index in [0.717, 1.165) is 78.9 Å². The zero-order valence-electron chi connectivity index (χ0n) is 51.4. The largest absolute Gasteiger partial charge is 0.504 e. The summed E-state index contributed by atoms with van der Waals surface area (Å²) in [5.74, 6) is -11.1. The van der Waals surface area contributed by atoms with Crippen LogP contribution in [-0.4, -0.2) is 226 Å². The van der Waals surface area contributed by atoms with Crippen molar-refractivity contribution in [1.82, 2.24) is 46.6 Å². The summed E-state index contributed by atoms with van der Waals surface area (Å²) in [5.41, 5.74) is 8.07. The molecule has 9 rings (SSSR count). The van der Waals surface area contributed by atoms with E-state index in [-0.39, 0.29) is 35.3 Å². The van der Waals surface area contributed by atoms with Crippen molar-refractivity contribution in [3.8, 4) is 32.6 Å². The number of nitrogens with one attached hydrogen (secondary N) is 5. The van der Waals surface area contributed by atoms with Crippen molar-refractivity contribution in [2.75, 3.05) is 37.6 Å². The van der Waals surface area contributed by atoms with E-state index in [2.05, 4.69) is 63.2 Å². The quantitative estimate of drug-likeness (QED) is 0.0248. The second-order valence-electron chi connectivity index (χ2n) is 24.4. The molecule has 1 aliphatic carbocycles. The van der Waals surface area contributed by atoms with Crippen LogP contribution in [0.3, 0.4) is 0 Å². The molecule has 5 aliphatic rings. The average molecular weight is 1350 g/mol. The van der Waals surface area contributed by atoms with Crippen LogP contribution < -0.4 is 41.4 Å². The zero-order chi connectivity index (χ0) is 67.5. The number of aromatic hydroxyl groups is 1. The van der Waals surface area contributed by atoms with Gasteiger partial charge in [-0.2, -0.15) is 0 Å². The molecule has 0 radical (unpaired) electrons. The van der Waals surface area contributed by atoms with Crippen molar-refractivity contribution < 1.29 is 97.7 Å². The van der Waals surface area contributed by atoms with E-state index in [0.29, 0.717) is 21.7 Å². The molecule has 5 fully saturated rings. The highest BCUT2D eigenvalue weighted by atomic mass is 32.2. The third kappa shape index (κ3) is 17.6. The highest BCUT2D eigenvalue weighted by molar-refractivity contribution is 7.90. The molecule has 0 bridgehead atoms. The van der Waals surface area contributed by atoms with Gasteiger partial charge in [0.2, 0.25) is 41.4 Å². The summed E-state index contributed by atoms with van der Waals surface area (Å²) >= 11 is 1.38. The molecule has 510 valence electrons. The number of rotatable bonds is 18. The monoisotopic (exact) mass is 1350 g/mol. The fourth-order valence-electron chi connectivity index (χ4n) is 12.4. The number of primary amides is 1. The normalized spacial score (nSPS) is 26.8. The molecular weight excluding hydrogens is 1270 g/mol. The Kier molecular flexibility index (Phi) is 24.2. The molecule has 4 saturated heterocycles. The van der Waals surface area contributed by atoms with Gasteiger partial charge in [-0.05, 0) is 86.7 Å². The van der Waals surface area contributed by atoms with Crippen LogP contribution in [0.15, 0.2) is 66.7 Å². The minimum atomic E-state index is -2.22. The number of piperidine rings is 1. The molecule has 15 N–H and O–H groups in total. The number of carbonyl (C=O) groups is 8. The van der Waals surface area contributed by atoms with Crippen LogP contribution in [0.1, 0.15) is 94.0 Å². The van der Waals surface area contributed by atoms with E-state index in [1.165, 1.54) is 55.7 Å². The van der Waals surface area contributed by atoms with Crippen LogP contribution in [0.4, 0.5) is 5.69 Å². The molecule has 1 aromatic heterocycles. The van der Waals surface area contributed by atoms with Crippen LogP contribution in [0, 0.1) is 5.92 Å². The lowest BCUT2D eigenvalue weighted by Crippen LogP contribution is -2.64. The number of fused-ring (bicyclic) bond motifs is 2. The Morgan fingerprint density at radius 3 is 2.02 bits per heavy atom. The van der Waals surface area contributed by atoms with Crippen molar-refractivity contribution in [1.29, 1.82) is 0 Å². The lowest BCUT2D eigenvalue weighted by Gasteiger charge is -2.36. The molecule has 1 saturated carbocycles. The number of benzene rings is 3. The molecule has 94 heavy (non-hydrogen) atoms. The van der Waals surface area contributed by atoms with Gasteiger partial charge >= 0.3 is 0 Å². The molecule has 5 heterocycles. The van der Waals surface area contributed by atoms with Gasteiger partial charge in [0, 0.05) is 80.3 Å². The van der Waals surface area contributed by atoms with Crippen LogP contribution in [-0.2, 0) is 54.1 Å². The van der Waals surface area contributed by atoms with E-state index in [1.54, 1.807) is 12.1 Å². The third-order valence-electron chi connectivity index (χ3n) is 17.5. The Hall–Kier alpha value is -7.67. The number of phenols is 1. The molecule has 4 aromatic rings. The van der Waals surface area contributed by atoms with Crippen LogP contribution in [0.25, 0.3) is 21.1 Å². The summed E-state index contributed by atoms with van der Waals surface area (Å²) in [6, 6.07) is 6.09. The van der Waals surface area contributed by atoms with Gasteiger partial charge in [0.25, 0.3) is 18.2 Å². The number of nitrogens with zero attached hydrogens (tertiary/aromatic N) is 5.